The molecule has 0 aromatic rings. The van der Waals surface area contributed by atoms with Gasteiger partial charge in [0.25, 0.3) is 0 Å². The fraction of sp³-hybridized carbons (Fsp3) is 0.826. The van der Waals surface area contributed by atoms with Gasteiger partial charge in [0, 0.05) is 0 Å². The quantitative estimate of drug-likeness (QED) is 0.313. The molecule has 2 aliphatic rings. The molecular formula is C23H42Ge2O4. The minimum atomic E-state index is -2.71. The Morgan fingerprint density at radius 3 is 1.34 bits per heavy atom. The van der Waals surface area contributed by atoms with E-state index in [9.17, 15) is 9.59 Å². The summed E-state index contributed by atoms with van der Waals surface area (Å²) in [6, 6.07) is 0. The molecule has 1 saturated carbocycles. The first-order valence-electron chi connectivity index (χ1n) is 11.0. The molecule has 0 aromatic carbocycles. The van der Waals surface area contributed by atoms with Crippen LogP contribution in [0.2, 0.25) is 33.5 Å². The van der Waals surface area contributed by atoms with Crippen molar-refractivity contribution < 1.29 is 17.1 Å². The van der Waals surface area contributed by atoms with E-state index >= 15 is 0 Å². The normalized spacial score (nSPS) is 27.2. The van der Waals surface area contributed by atoms with Gasteiger partial charge in [-0.25, -0.2) is 0 Å². The van der Waals surface area contributed by atoms with Crippen molar-refractivity contribution in [1.82, 2.24) is 0 Å². The van der Waals surface area contributed by atoms with E-state index in [0.29, 0.717) is 0 Å². The first-order valence-corrected chi connectivity index (χ1v) is 24.1. The monoisotopic (exact) mass is 530 g/mol. The van der Waals surface area contributed by atoms with E-state index in [2.05, 4.69) is 76.7 Å². The van der Waals surface area contributed by atoms with Gasteiger partial charge >= 0.3 is 184 Å². The molecule has 0 aromatic heterocycles. The summed E-state index contributed by atoms with van der Waals surface area (Å²) >= 11 is -5.43. The summed E-state index contributed by atoms with van der Waals surface area (Å²) in [6.45, 7) is 13.2. The van der Waals surface area contributed by atoms with Crippen LogP contribution in [0.1, 0.15) is 48.0 Å². The standard InChI is InChI=1S/C23H42Ge2O4/c1-22(2,3)14-24(7,8)28-20(26)18-16-11-12-17(13-16)19(18)21(27)29-25(9,10)15-23(4,5)6/h11-12,16-19H,13-15H2,1-10H3. The molecule has 0 saturated heterocycles. The molecule has 4 unspecified atom stereocenters. The van der Waals surface area contributed by atoms with Gasteiger partial charge in [-0.3, -0.25) is 0 Å². The predicted octanol–water partition coefficient (Wildman–Crippen LogP) is 6.01. The van der Waals surface area contributed by atoms with E-state index in [1.807, 2.05) is 0 Å². The molecule has 4 nitrogen and oxygen atoms in total. The number of allylic oxidation sites excluding steroid dienone is 2. The number of carbonyl (C=O) groups excluding carboxylic acids is 2. The summed E-state index contributed by atoms with van der Waals surface area (Å²) in [5, 5.41) is 1.91. The molecule has 1 fully saturated rings. The second kappa shape index (κ2) is 8.36. The first kappa shape index (κ1) is 25.0. The van der Waals surface area contributed by atoms with Crippen molar-refractivity contribution in [3.8, 4) is 0 Å². The van der Waals surface area contributed by atoms with E-state index in [-0.39, 0.29) is 46.4 Å². The van der Waals surface area contributed by atoms with Crippen molar-refractivity contribution >= 4 is 39.1 Å². The molecule has 0 heterocycles. The first-order chi connectivity index (χ1) is 12.9. The summed E-state index contributed by atoms with van der Waals surface area (Å²) in [6.07, 6.45) is 5.11. The Labute approximate surface area is 184 Å². The maximum atomic E-state index is 13.2. The number of fused-ring (bicyclic) bond motifs is 2. The van der Waals surface area contributed by atoms with Gasteiger partial charge < -0.3 is 0 Å². The fourth-order valence-electron chi connectivity index (χ4n) is 5.77. The molecule has 4 atom stereocenters. The molecule has 166 valence electrons. The number of rotatable bonds is 6. The zero-order valence-corrected chi connectivity index (χ0v) is 24.4. The molecule has 0 aliphatic heterocycles. The maximum absolute atomic E-state index is 13.2. The molecule has 0 N–H and O–H groups in total. The average Bonchev–Trinajstić information content (AvgIpc) is 3.00. The Morgan fingerprint density at radius 2 is 1.07 bits per heavy atom. The third kappa shape index (κ3) is 7.15. The Bertz CT molecular complexity index is 611. The van der Waals surface area contributed by atoms with Crippen LogP contribution in [0.3, 0.4) is 0 Å². The van der Waals surface area contributed by atoms with Gasteiger partial charge in [-0.05, 0) is 0 Å². The molecule has 2 bridgehead atoms. The van der Waals surface area contributed by atoms with Crippen LogP contribution >= 0.6 is 0 Å². The van der Waals surface area contributed by atoms with Crippen LogP contribution in [0.4, 0.5) is 0 Å². The summed E-state index contributed by atoms with van der Waals surface area (Å²) in [4.78, 5) is 26.5. The van der Waals surface area contributed by atoms with Gasteiger partial charge in [-0.2, -0.15) is 0 Å². The van der Waals surface area contributed by atoms with Crippen LogP contribution in [0.25, 0.3) is 0 Å². The SMILES string of the molecule is CC(C)(C)[CH2][Ge]([CH3])([CH3])[O]C(=O)C1C2C=CC(C2)C1C(=O)[O][Ge]([CH3])([CH3])[CH2]C(C)(C)C. The van der Waals surface area contributed by atoms with Crippen LogP contribution in [0.5, 0.6) is 0 Å². The Kier molecular flexibility index (Phi) is 7.22. The van der Waals surface area contributed by atoms with Crippen molar-refractivity contribution in [2.75, 3.05) is 0 Å². The molecule has 29 heavy (non-hydrogen) atoms. The molecule has 2 aliphatic carbocycles. The van der Waals surface area contributed by atoms with Crippen LogP contribution in [0, 0.1) is 34.5 Å². The van der Waals surface area contributed by atoms with E-state index in [4.69, 9.17) is 7.53 Å². The van der Waals surface area contributed by atoms with E-state index in [1.165, 1.54) is 0 Å². The Morgan fingerprint density at radius 1 is 0.759 bits per heavy atom. The van der Waals surface area contributed by atoms with Crippen LogP contribution in [-0.2, 0) is 17.1 Å². The number of hydrogen-bond donors (Lipinski definition) is 0. The van der Waals surface area contributed by atoms with E-state index < -0.39 is 27.2 Å². The third-order valence-corrected chi connectivity index (χ3v) is 16.9. The number of carbonyl (C=O) groups is 2. The van der Waals surface area contributed by atoms with Crippen molar-refractivity contribution in [3.63, 3.8) is 0 Å². The zero-order chi connectivity index (χ0) is 22.4. The summed E-state index contributed by atoms with van der Waals surface area (Å²) in [7, 11) is 0. The van der Waals surface area contributed by atoms with Gasteiger partial charge in [0.2, 0.25) is 0 Å². The van der Waals surface area contributed by atoms with Crippen molar-refractivity contribution in [3.05, 3.63) is 12.2 Å². The summed E-state index contributed by atoms with van der Waals surface area (Å²) in [5.74, 6) is 7.82. The van der Waals surface area contributed by atoms with Crippen LogP contribution in [0.15, 0.2) is 12.2 Å². The zero-order valence-electron chi connectivity index (χ0n) is 20.2. The molecule has 0 spiro atoms. The molecule has 0 radical (unpaired) electrons. The predicted molar refractivity (Wildman–Crippen MR) is 123 cm³/mol. The van der Waals surface area contributed by atoms with Gasteiger partial charge in [0.05, 0.1) is 0 Å². The van der Waals surface area contributed by atoms with Crippen molar-refractivity contribution in [2.45, 2.75) is 81.5 Å². The minimum absolute atomic E-state index is 0.121. The second-order valence-electron chi connectivity index (χ2n) is 12.8. The fourth-order valence-corrected chi connectivity index (χ4v) is 19.6. The molecule has 2 rings (SSSR count). The van der Waals surface area contributed by atoms with Crippen LogP contribution in [-0.4, -0.2) is 39.1 Å². The average molecular weight is 528 g/mol. The van der Waals surface area contributed by atoms with Gasteiger partial charge in [0.15, 0.2) is 0 Å². The Hall–Kier alpha value is -0.234. The molecule has 0 amide bonds. The second-order valence-corrected chi connectivity index (χ2v) is 29.9. The third-order valence-electron chi connectivity index (χ3n) is 5.67. The summed E-state index contributed by atoms with van der Waals surface area (Å²) in [5.41, 5.74) is 0.280. The summed E-state index contributed by atoms with van der Waals surface area (Å²) < 4.78 is 12.3. The van der Waals surface area contributed by atoms with Gasteiger partial charge in [-0.15, -0.1) is 0 Å². The van der Waals surface area contributed by atoms with Gasteiger partial charge in [0.1, 0.15) is 0 Å². The topological polar surface area (TPSA) is 52.6 Å². The van der Waals surface area contributed by atoms with Gasteiger partial charge in [-0.1, -0.05) is 0 Å². The molecular weight excluding hydrogens is 485 g/mol. The van der Waals surface area contributed by atoms with Crippen LogP contribution < -0.4 is 0 Å². The van der Waals surface area contributed by atoms with E-state index in [1.54, 1.807) is 0 Å². The Balaban J connectivity index is 2.14. The number of hydrogen-bond acceptors (Lipinski definition) is 4. The van der Waals surface area contributed by atoms with Crippen molar-refractivity contribution in [2.24, 2.45) is 34.5 Å². The van der Waals surface area contributed by atoms with E-state index in [0.717, 1.165) is 16.9 Å². The van der Waals surface area contributed by atoms with Crippen molar-refractivity contribution in [1.29, 1.82) is 0 Å². The molecule has 6 heteroatoms.